The number of rotatable bonds is 1. The van der Waals surface area contributed by atoms with E-state index in [2.05, 4.69) is 0 Å². The zero-order chi connectivity index (χ0) is 11.3. The number of hydrogen-bond donors (Lipinski definition) is 1. The zero-order valence-electron chi connectivity index (χ0n) is 9.44. The number of phenols is 1. The number of aromatic nitrogens is 1. The van der Waals surface area contributed by atoms with Crippen LogP contribution < -0.4 is 0 Å². The molecule has 0 saturated heterocycles. The van der Waals surface area contributed by atoms with Crippen LogP contribution in [0.15, 0.2) is 42.7 Å². The number of aromatic hydroxyl groups is 1. The van der Waals surface area contributed by atoms with Crippen molar-refractivity contribution >= 4 is 0 Å². The van der Waals surface area contributed by atoms with Crippen molar-refractivity contribution in [3.63, 3.8) is 0 Å². The number of nitrogens with zero attached hydrogens (tertiary/aromatic N) is 1. The van der Waals surface area contributed by atoms with Crippen LogP contribution >= 0.6 is 0 Å². The van der Waals surface area contributed by atoms with Crippen molar-refractivity contribution in [1.82, 2.24) is 4.57 Å². The van der Waals surface area contributed by atoms with Crippen LogP contribution in [0, 0.1) is 6.92 Å². The molecule has 15 heavy (non-hydrogen) atoms. The molecule has 0 aliphatic rings. The van der Waals surface area contributed by atoms with Crippen LogP contribution in [-0.4, -0.2) is 9.67 Å². The van der Waals surface area contributed by atoms with E-state index in [9.17, 15) is 5.11 Å². The Balaban J connectivity index is 0.000000531. The van der Waals surface area contributed by atoms with Crippen molar-refractivity contribution in [3.8, 4) is 11.4 Å². The summed E-state index contributed by atoms with van der Waals surface area (Å²) < 4.78 is 1.89. The van der Waals surface area contributed by atoms with Gasteiger partial charge < -0.3 is 9.67 Å². The highest BCUT2D eigenvalue weighted by molar-refractivity contribution is 5.48. The smallest absolute Gasteiger partial charge is 0.139 e. The first-order valence-electron chi connectivity index (χ1n) is 5.20. The number of hydrogen-bond acceptors (Lipinski definition) is 1. The molecule has 2 nitrogen and oxygen atoms in total. The quantitative estimate of drug-likeness (QED) is 0.753. The summed E-state index contributed by atoms with van der Waals surface area (Å²) in [7, 11) is 0. The molecule has 0 spiro atoms. The summed E-state index contributed by atoms with van der Waals surface area (Å²) in [6.07, 6.45) is 3.82. The standard InChI is InChI=1S/C11H11NO.C2H6/c1-9-4-5-11(13)10(8-9)12-6-2-3-7-12;1-2/h2-8,13H,1H3;1-2H3. The van der Waals surface area contributed by atoms with Gasteiger partial charge in [-0.05, 0) is 36.8 Å². The van der Waals surface area contributed by atoms with Crippen LogP contribution in [0.3, 0.4) is 0 Å². The predicted octanol–water partition coefficient (Wildman–Crippen LogP) is 3.52. The van der Waals surface area contributed by atoms with Gasteiger partial charge in [-0.1, -0.05) is 19.9 Å². The van der Waals surface area contributed by atoms with Gasteiger partial charge in [0.25, 0.3) is 0 Å². The third-order valence-electron chi connectivity index (χ3n) is 2.01. The van der Waals surface area contributed by atoms with E-state index in [-0.39, 0.29) is 0 Å². The molecule has 1 heterocycles. The average molecular weight is 203 g/mol. The Labute approximate surface area is 90.8 Å². The van der Waals surface area contributed by atoms with Crippen molar-refractivity contribution in [3.05, 3.63) is 48.3 Å². The van der Waals surface area contributed by atoms with Gasteiger partial charge in [0.1, 0.15) is 5.75 Å². The molecule has 0 bridgehead atoms. The monoisotopic (exact) mass is 203 g/mol. The van der Waals surface area contributed by atoms with E-state index in [4.69, 9.17) is 0 Å². The maximum Gasteiger partial charge on any atom is 0.139 e. The van der Waals surface area contributed by atoms with E-state index >= 15 is 0 Å². The zero-order valence-corrected chi connectivity index (χ0v) is 9.44. The molecular weight excluding hydrogens is 186 g/mol. The molecule has 2 rings (SSSR count). The predicted molar refractivity (Wildman–Crippen MR) is 63.5 cm³/mol. The van der Waals surface area contributed by atoms with Crippen LogP contribution in [-0.2, 0) is 0 Å². The van der Waals surface area contributed by atoms with Gasteiger partial charge in [0.05, 0.1) is 5.69 Å². The van der Waals surface area contributed by atoms with Gasteiger partial charge in [-0.25, -0.2) is 0 Å². The fourth-order valence-corrected chi connectivity index (χ4v) is 1.34. The largest absolute Gasteiger partial charge is 0.506 e. The summed E-state index contributed by atoms with van der Waals surface area (Å²) in [6.45, 7) is 6.01. The summed E-state index contributed by atoms with van der Waals surface area (Å²) in [5.74, 6) is 0.307. The normalized spacial score (nSPS) is 9.27. The first kappa shape index (κ1) is 11.4. The highest BCUT2D eigenvalue weighted by Crippen LogP contribution is 2.22. The lowest BCUT2D eigenvalue weighted by Gasteiger charge is -2.06. The molecule has 80 valence electrons. The van der Waals surface area contributed by atoms with Gasteiger partial charge in [0.2, 0.25) is 0 Å². The second-order valence-electron chi connectivity index (χ2n) is 3.08. The summed E-state index contributed by atoms with van der Waals surface area (Å²) in [5, 5.41) is 9.59. The summed E-state index contributed by atoms with van der Waals surface area (Å²) in [5.41, 5.74) is 1.96. The topological polar surface area (TPSA) is 25.2 Å². The minimum Gasteiger partial charge on any atom is -0.506 e. The van der Waals surface area contributed by atoms with Crippen LogP contribution in [0.4, 0.5) is 0 Å². The van der Waals surface area contributed by atoms with Crippen LogP contribution in [0.5, 0.6) is 5.75 Å². The van der Waals surface area contributed by atoms with Gasteiger partial charge in [-0.3, -0.25) is 0 Å². The lowest BCUT2D eigenvalue weighted by molar-refractivity contribution is 0.472. The fraction of sp³-hybridized carbons (Fsp3) is 0.231. The Morgan fingerprint density at radius 1 is 1.07 bits per heavy atom. The maximum atomic E-state index is 9.59. The minimum atomic E-state index is 0.307. The maximum absolute atomic E-state index is 9.59. The second-order valence-corrected chi connectivity index (χ2v) is 3.08. The van der Waals surface area contributed by atoms with E-state index in [0.717, 1.165) is 11.3 Å². The molecule has 2 heteroatoms. The van der Waals surface area contributed by atoms with E-state index in [1.54, 1.807) is 6.07 Å². The Bertz CT molecular complexity index is 404. The van der Waals surface area contributed by atoms with Crippen molar-refractivity contribution in [2.75, 3.05) is 0 Å². The third-order valence-corrected chi connectivity index (χ3v) is 2.01. The molecular formula is C13H17NO. The lowest BCUT2D eigenvalue weighted by Crippen LogP contribution is -1.90. The van der Waals surface area contributed by atoms with Crippen LogP contribution in [0.25, 0.3) is 5.69 Å². The van der Waals surface area contributed by atoms with Crippen molar-refractivity contribution in [2.24, 2.45) is 0 Å². The number of benzene rings is 1. The first-order chi connectivity index (χ1) is 7.27. The molecule has 1 aromatic carbocycles. The third kappa shape index (κ3) is 2.62. The van der Waals surface area contributed by atoms with Gasteiger partial charge in [-0.2, -0.15) is 0 Å². The molecule has 2 aromatic rings. The first-order valence-corrected chi connectivity index (χ1v) is 5.20. The minimum absolute atomic E-state index is 0.307. The van der Waals surface area contributed by atoms with Gasteiger partial charge in [0.15, 0.2) is 0 Å². The summed E-state index contributed by atoms with van der Waals surface area (Å²) >= 11 is 0. The highest BCUT2D eigenvalue weighted by Gasteiger charge is 2.01. The Hall–Kier alpha value is -1.70. The molecule has 1 aromatic heterocycles. The van der Waals surface area contributed by atoms with Crippen LogP contribution in [0.2, 0.25) is 0 Å². The van der Waals surface area contributed by atoms with E-state index < -0.39 is 0 Å². The van der Waals surface area contributed by atoms with Crippen molar-refractivity contribution < 1.29 is 5.11 Å². The van der Waals surface area contributed by atoms with Gasteiger partial charge in [0, 0.05) is 12.4 Å². The molecule has 1 N–H and O–H groups in total. The Morgan fingerprint density at radius 3 is 2.27 bits per heavy atom. The lowest BCUT2D eigenvalue weighted by atomic mass is 10.2. The number of aryl methyl sites for hydroxylation is 1. The highest BCUT2D eigenvalue weighted by atomic mass is 16.3. The summed E-state index contributed by atoms with van der Waals surface area (Å²) in [6, 6.07) is 9.42. The molecule has 0 radical (unpaired) electrons. The molecule has 0 atom stereocenters. The molecule has 0 aliphatic carbocycles. The summed E-state index contributed by atoms with van der Waals surface area (Å²) in [4.78, 5) is 0. The van der Waals surface area contributed by atoms with E-state index in [0.29, 0.717) is 5.75 Å². The number of phenolic OH excluding ortho intramolecular Hbond substituents is 1. The van der Waals surface area contributed by atoms with E-state index in [1.165, 1.54) is 0 Å². The Morgan fingerprint density at radius 2 is 1.67 bits per heavy atom. The Kier molecular flexibility index (Phi) is 3.98. The van der Waals surface area contributed by atoms with Gasteiger partial charge in [-0.15, -0.1) is 0 Å². The van der Waals surface area contributed by atoms with E-state index in [1.807, 2.05) is 62.0 Å². The molecule has 0 fully saturated rings. The van der Waals surface area contributed by atoms with Gasteiger partial charge >= 0.3 is 0 Å². The molecule has 0 amide bonds. The van der Waals surface area contributed by atoms with Crippen molar-refractivity contribution in [1.29, 1.82) is 0 Å². The second kappa shape index (κ2) is 5.25. The molecule has 0 unspecified atom stereocenters. The SMILES string of the molecule is CC.Cc1ccc(O)c(-n2cccc2)c1. The molecule has 0 saturated carbocycles. The molecule has 0 aliphatic heterocycles. The van der Waals surface area contributed by atoms with Crippen molar-refractivity contribution in [2.45, 2.75) is 20.8 Å². The average Bonchev–Trinajstić information content (AvgIpc) is 2.78. The van der Waals surface area contributed by atoms with Crippen LogP contribution in [0.1, 0.15) is 19.4 Å². The fourth-order valence-electron chi connectivity index (χ4n) is 1.34.